The molecule has 2 saturated carbocycles. The van der Waals surface area contributed by atoms with Crippen LogP contribution in [0.2, 0.25) is 0 Å². The van der Waals surface area contributed by atoms with E-state index in [4.69, 9.17) is 4.98 Å². The molecule has 8 nitrogen and oxygen atoms in total. The lowest BCUT2D eigenvalue weighted by Crippen LogP contribution is -2.49. The van der Waals surface area contributed by atoms with Crippen molar-refractivity contribution < 1.29 is 23.1 Å². The fourth-order valence-corrected chi connectivity index (χ4v) is 8.68. The van der Waals surface area contributed by atoms with Crippen LogP contribution in [0.25, 0.3) is 0 Å². The number of carbonyl (C=O) groups excluding carboxylic acids is 1. The zero-order valence-corrected chi connectivity index (χ0v) is 22.5. The first-order valence-corrected chi connectivity index (χ1v) is 15.2. The number of unbranched alkanes of at least 4 members (excludes halogenated alkanes) is 4. The van der Waals surface area contributed by atoms with E-state index in [0.29, 0.717) is 19.3 Å². The fourth-order valence-electron chi connectivity index (χ4n) is 6.62. The van der Waals surface area contributed by atoms with E-state index in [1.807, 2.05) is 13.8 Å². The van der Waals surface area contributed by atoms with Gasteiger partial charge in [0.1, 0.15) is 17.6 Å². The van der Waals surface area contributed by atoms with Crippen LogP contribution in [0, 0.1) is 16.7 Å². The number of hydrogen-bond donors (Lipinski definition) is 3. The minimum atomic E-state index is -3.91. The number of ketones is 1. The Morgan fingerprint density at radius 3 is 2.67 bits per heavy atom. The average Bonchev–Trinajstić information content (AvgIpc) is 3.16. The third-order valence-electron chi connectivity index (χ3n) is 9.07. The number of carboxylic acid groups (broad SMARTS) is 1. The van der Waals surface area contributed by atoms with Crippen molar-refractivity contribution in [2.24, 2.45) is 16.7 Å². The molecule has 2 fully saturated rings. The van der Waals surface area contributed by atoms with Crippen LogP contribution in [0.5, 0.6) is 0 Å². The van der Waals surface area contributed by atoms with Crippen LogP contribution in [0.1, 0.15) is 89.3 Å². The van der Waals surface area contributed by atoms with Gasteiger partial charge in [0.15, 0.2) is 0 Å². The van der Waals surface area contributed by atoms with Gasteiger partial charge in [0.25, 0.3) is 0 Å². The van der Waals surface area contributed by atoms with E-state index in [1.54, 1.807) is 0 Å². The van der Waals surface area contributed by atoms with Gasteiger partial charge in [-0.1, -0.05) is 45.6 Å². The van der Waals surface area contributed by atoms with Crippen molar-refractivity contribution in [3.8, 4) is 0 Å². The highest BCUT2D eigenvalue weighted by Gasteiger charge is 2.65. The highest BCUT2D eigenvalue weighted by molar-refractivity contribution is 7.89. The molecule has 1 aliphatic heterocycles. The minimum absolute atomic E-state index is 0.0165. The monoisotopic (exact) mass is 519 g/mol. The quantitative estimate of drug-likeness (QED) is 0.335. The number of rotatable bonds is 13. The molecule has 1 aromatic heterocycles. The van der Waals surface area contributed by atoms with E-state index in [2.05, 4.69) is 22.2 Å². The van der Waals surface area contributed by atoms with Crippen LogP contribution in [-0.4, -0.2) is 48.6 Å². The fraction of sp³-hybridized carbons (Fsp3) is 0.741. The van der Waals surface area contributed by atoms with Gasteiger partial charge in [-0.3, -0.25) is 9.59 Å². The van der Waals surface area contributed by atoms with Crippen LogP contribution < -0.4 is 10.0 Å². The molecule has 0 aromatic carbocycles. The lowest BCUT2D eigenvalue weighted by molar-refractivity contribution is -0.139. The van der Waals surface area contributed by atoms with E-state index in [9.17, 15) is 23.1 Å². The van der Waals surface area contributed by atoms with Crippen molar-refractivity contribution in [2.75, 3.05) is 17.6 Å². The number of aliphatic carboxylic acids is 1. The first-order chi connectivity index (χ1) is 17.0. The summed E-state index contributed by atoms with van der Waals surface area (Å²) in [5, 5.41) is 13.0. The Kier molecular flexibility index (Phi) is 8.10. The van der Waals surface area contributed by atoms with Crippen molar-refractivity contribution >= 4 is 27.6 Å². The molecule has 3 atom stereocenters. The van der Waals surface area contributed by atoms with Crippen LogP contribution in [-0.2, 0) is 32.5 Å². The lowest BCUT2D eigenvalue weighted by atomic mass is 9.70. The second-order valence-corrected chi connectivity index (χ2v) is 13.3. The van der Waals surface area contributed by atoms with Crippen molar-refractivity contribution in [1.29, 1.82) is 0 Å². The molecule has 200 valence electrons. The topological polar surface area (TPSA) is 125 Å². The molecule has 3 N–H and O–H groups in total. The Morgan fingerprint density at radius 2 is 1.97 bits per heavy atom. The van der Waals surface area contributed by atoms with E-state index in [0.717, 1.165) is 69.4 Å². The van der Waals surface area contributed by atoms with Gasteiger partial charge in [0.2, 0.25) is 10.0 Å². The second kappa shape index (κ2) is 10.8. The molecular weight excluding hydrogens is 478 g/mol. The maximum absolute atomic E-state index is 13.0. The predicted molar refractivity (Wildman–Crippen MR) is 139 cm³/mol. The number of hydrogen-bond acceptors (Lipinski definition) is 6. The molecule has 3 aliphatic rings. The summed E-state index contributed by atoms with van der Waals surface area (Å²) in [4.78, 5) is 29.2. The number of nitrogens with zero attached hydrogens (tertiary/aromatic N) is 1. The van der Waals surface area contributed by atoms with Gasteiger partial charge in [0, 0.05) is 24.1 Å². The van der Waals surface area contributed by atoms with E-state index in [1.165, 1.54) is 5.56 Å². The molecule has 2 heterocycles. The highest BCUT2D eigenvalue weighted by atomic mass is 32.2. The predicted octanol–water partition coefficient (Wildman–Crippen LogP) is 4.09. The van der Waals surface area contributed by atoms with Crippen molar-refractivity contribution in [2.45, 2.75) is 96.9 Å². The second-order valence-electron chi connectivity index (χ2n) is 11.6. The first-order valence-electron chi connectivity index (χ1n) is 13.5. The molecular formula is C27H41N3O5S. The molecule has 9 heteroatoms. The summed E-state index contributed by atoms with van der Waals surface area (Å²) in [5.41, 5.74) is 1.12. The third kappa shape index (κ3) is 5.62. The van der Waals surface area contributed by atoms with Gasteiger partial charge in [-0.2, -0.15) is 0 Å². The van der Waals surface area contributed by atoms with Crippen LogP contribution in [0.3, 0.4) is 0 Å². The van der Waals surface area contributed by atoms with Crippen molar-refractivity contribution in [3.05, 3.63) is 23.4 Å². The highest BCUT2D eigenvalue weighted by Crippen LogP contribution is 2.64. The Morgan fingerprint density at radius 1 is 1.22 bits per heavy atom. The Balaban J connectivity index is 1.19. The molecule has 0 amide bonds. The summed E-state index contributed by atoms with van der Waals surface area (Å²) in [6.07, 6.45) is 9.77. The number of nitrogens with one attached hydrogen (secondary N) is 2. The number of pyridine rings is 1. The summed E-state index contributed by atoms with van der Waals surface area (Å²) in [6.45, 7) is 4.95. The van der Waals surface area contributed by atoms with Crippen LogP contribution >= 0.6 is 0 Å². The normalized spacial score (nSPS) is 25.4. The smallest absolute Gasteiger partial charge is 0.321 e. The summed E-state index contributed by atoms with van der Waals surface area (Å²) in [7, 11) is -3.91. The van der Waals surface area contributed by atoms with Crippen LogP contribution in [0.15, 0.2) is 12.1 Å². The number of Topliss-reactive ketones (excluding diaryl/α,β-unsaturated/α-hetero) is 1. The van der Waals surface area contributed by atoms with Crippen LogP contribution in [0.4, 0.5) is 5.82 Å². The molecule has 2 aliphatic carbocycles. The zero-order chi connectivity index (χ0) is 26.0. The average molecular weight is 520 g/mol. The van der Waals surface area contributed by atoms with Crippen molar-refractivity contribution in [1.82, 2.24) is 9.71 Å². The standard InChI is InChI=1S/C27H41N3O5S/c1-26(2)20-14-15-27(26,23(31)17-20)18-36(34,35)30-22(25(32)33)11-7-5-3-4-6-10-21-13-12-19-9-8-16-28-24(19)29-21/h12-13,20,22,30H,3-11,14-18H2,1-2H3,(H,28,29)(H,32,33)/t20-,22+,27?/m1/s1. The van der Waals surface area contributed by atoms with Gasteiger partial charge in [0.05, 0.1) is 5.75 Å². The van der Waals surface area contributed by atoms with Gasteiger partial charge in [-0.05, 0) is 67.9 Å². The molecule has 2 bridgehead atoms. The molecule has 36 heavy (non-hydrogen) atoms. The molecule has 1 unspecified atom stereocenters. The third-order valence-corrected chi connectivity index (χ3v) is 10.6. The Bertz CT molecular complexity index is 1090. The number of carboxylic acids is 1. The van der Waals surface area contributed by atoms with Crippen molar-refractivity contribution in [3.63, 3.8) is 0 Å². The summed E-state index contributed by atoms with van der Waals surface area (Å²) < 4.78 is 28.4. The summed E-state index contributed by atoms with van der Waals surface area (Å²) in [6, 6.07) is 3.13. The number of aryl methyl sites for hydroxylation is 2. The molecule has 4 rings (SSSR count). The van der Waals surface area contributed by atoms with Gasteiger partial charge in [-0.25, -0.2) is 18.1 Å². The largest absolute Gasteiger partial charge is 0.480 e. The summed E-state index contributed by atoms with van der Waals surface area (Å²) in [5.74, 6) is -0.213. The van der Waals surface area contributed by atoms with Gasteiger partial charge in [-0.15, -0.1) is 0 Å². The molecule has 0 saturated heterocycles. The zero-order valence-electron chi connectivity index (χ0n) is 21.6. The van der Waals surface area contributed by atoms with E-state index in [-0.39, 0.29) is 29.3 Å². The Labute approximate surface area is 215 Å². The van der Waals surface area contributed by atoms with Gasteiger partial charge >= 0.3 is 5.97 Å². The number of fused-ring (bicyclic) bond motifs is 3. The lowest BCUT2D eigenvalue weighted by Gasteiger charge is -2.36. The summed E-state index contributed by atoms with van der Waals surface area (Å²) >= 11 is 0. The number of sulfonamides is 1. The number of anilines is 1. The Hall–Kier alpha value is -2.00. The maximum Gasteiger partial charge on any atom is 0.321 e. The maximum atomic E-state index is 13.0. The van der Waals surface area contributed by atoms with Gasteiger partial charge < -0.3 is 10.4 Å². The SMILES string of the molecule is CC1(C)[C@@H]2CCC1(CS(=O)(=O)N[C@@H](CCCCCCCc1ccc3c(n1)NCCC3)C(=O)O)C(=O)C2. The minimum Gasteiger partial charge on any atom is -0.480 e. The number of aromatic nitrogens is 1. The van der Waals surface area contributed by atoms with E-state index >= 15 is 0 Å². The molecule has 1 aromatic rings. The molecule has 0 spiro atoms. The number of carbonyl (C=O) groups is 2. The molecule has 0 radical (unpaired) electrons. The first kappa shape index (κ1) is 27.0. The van der Waals surface area contributed by atoms with E-state index < -0.39 is 27.4 Å².